The first-order valence-electron chi connectivity index (χ1n) is 7.17. The van der Waals surface area contributed by atoms with Crippen LogP contribution in [0.15, 0.2) is 58.8 Å². The number of hydrogen-bond acceptors (Lipinski definition) is 3. The molecule has 0 atom stereocenters. The Kier molecular flexibility index (Phi) is 4.50. The number of amides is 1. The zero-order chi connectivity index (χ0) is 15.5. The van der Waals surface area contributed by atoms with Crippen LogP contribution in [0.5, 0.6) is 0 Å². The van der Waals surface area contributed by atoms with E-state index in [2.05, 4.69) is 30.6 Å². The van der Waals surface area contributed by atoms with E-state index in [0.29, 0.717) is 10.8 Å². The van der Waals surface area contributed by atoms with Gasteiger partial charge in [-0.05, 0) is 53.2 Å². The fraction of sp³-hybridized carbons (Fsp3) is 0.167. The first kappa shape index (κ1) is 15.1. The van der Waals surface area contributed by atoms with E-state index >= 15 is 0 Å². The minimum absolute atomic E-state index is 0.0687. The molecular formula is C18H17NOS2. The van der Waals surface area contributed by atoms with Crippen LogP contribution in [0.3, 0.4) is 0 Å². The van der Waals surface area contributed by atoms with Gasteiger partial charge in [-0.25, -0.2) is 0 Å². The summed E-state index contributed by atoms with van der Waals surface area (Å²) < 4.78 is 1.23. The number of carbonyl (C=O) groups excluding carboxylic acids is 1. The van der Waals surface area contributed by atoms with Gasteiger partial charge in [-0.2, -0.15) is 0 Å². The van der Waals surface area contributed by atoms with Crippen LogP contribution in [-0.4, -0.2) is 11.2 Å². The van der Waals surface area contributed by atoms with Crippen LogP contribution >= 0.6 is 23.1 Å². The molecule has 0 aliphatic carbocycles. The molecule has 1 aromatic heterocycles. The topological polar surface area (TPSA) is 29.1 Å². The van der Waals surface area contributed by atoms with Crippen molar-refractivity contribution in [1.82, 2.24) is 0 Å². The number of carbonyl (C=O) groups is 1. The summed E-state index contributed by atoms with van der Waals surface area (Å²) >= 11 is 3.46. The van der Waals surface area contributed by atoms with Gasteiger partial charge in [-0.1, -0.05) is 19.9 Å². The van der Waals surface area contributed by atoms with Crippen molar-refractivity contribution in [2.75, 3.05) is 5.32 Å². The van der Waals surface area contributed by atoms with Gasteiger partial charge in [0.25, 0.3) is 5.91 Å². The number of nitrogens with one attached hydrogen (secondary N) is 1. The van der Waals surface area contributed by atoms with Crippen LogP contribution in [0.25, 0.3) is 10.1 Å². The molecular weight excluding hydrogens is 310 g/mol. The minimum Gasteiger partial charge on any atom is -0.322 e. The molecule has 0 aliphatic heterocycles. The maximum Gasteiger partial charge on any atom is 0.255 e. The van der Waals surface area contributed by atoms with Gasteiger partial charge in [0.1, 0.15) is 0 Å². The molecule has 0 fully saturated rings. The number of thioether (sulfide) groups is 1. The van der Waals surface area contributed by atoms with Gasteiger partial charge in [0, 0.05) is 26.1 Å². The lowest BCUT2D eigenvalue weighted by Crippen LogP contribution is -2.11. The Balaban J connectivity index is 1.78. The molecule has 3 rings (SSSR count). The average Bonchev–Trinajstić information content (AvgIpc) is 2.94. The Morgan fingerprint density at radius 1 is 1.14 bits per heavy atom. The molecule has 1 heterocycles. The summed E-state index contributed by atoms with van der Waals surface area (Å²) in [5, 5.41) is 6.69. The van der Waals surface area contributed by atoms with E-state index in [4.69, 9.17) is 0 Å². The van der Waals surface area contributed by atoms with Crippen molar-refractivity contribution in [2.24, 2.45) is 0 Å². The van der Waals surface area contributed by atoms with Crippen molar-refractivity contribution in [3.05, 3.63) is 59.5 Å². The highest BCUT2D eigenvalue weighted by atomic mass is 32.2. The molecule has 3 aromatic rings. The van der Waals surface area contributed by atoms with Gasteiger partial charge >= 0.3 is 0 Å². The Bertz CT molecular complexity index is 807. The van der Waals surface area contributed by atoms with Crippen molar-refractivity contribution in [3.63, 3.8) is 0 Å². The quantitative estimate of drug-likeness (QED) is 0.627. The molecule has 0 aliphatic rings. The third kappa shape index (κ3) is 3.51. The Labute approximate surface area is 138 Å². The highest BCUT2D eigenvalue weighted by Gasteiger charge is 2.08. The number of fused-ring (bicyclic) bond motifs is 1. The number of thiophene rings is 1. The molecule has 0 unspecified atom stereocenters. The second-order valence-electron chi connectivity index (χ2n) is 5.32. The fourth-order valence-corrected chi connectivity index (χ4v) is 3.90. The van der Waals surface area contributed by atoms with Crippen molar-refractivity contribution in [3.8, 4) is 0 Å². The molecule has 0 saturated heterocycles. The molecule has 2 aromatic carbocycles. The summed E-state index contributed by atoms with van der Waals surface area (Å²) in [6, 6.07) is 15.8. The van der Waals surface area contributed by atoms with Crippen molar-refractivity contribution >= 4 is 44.8 Å². The molecule has 0 spiro atoms. The molecule has 0 saturated carbocycles. The number of hydrogen-bond donors (Lipinski definition) is 1. The highest BCUT2D eigenvalue weighted by Crippen LogP contribution is 2.26. The van der Waals surface area contributed by atoms with Crippen molar-refractivity contribution < 1.29 is 4.79 Å². The van der Waals surface area contributed by atoms with Gasteiger partial charge in [-0.3, -0.25) is 4.79 Å². The van der Waals surface area contributed by atoms with Crippen LogP contribution in [0.4, 0.5) is 5.69 Å². The zero-order valence-electron chi connectivity index (χ0n) is 12.5. The maximum absolute atomic E-state index is 12.4. The van der Waals surface area contributed by atoms with Crippen molar-refractivity contribution in [2.45, 2.75) is 24.0 Å². The first-order valence-corrected chi connectivity index (χ1v) is 8.93. The van der Waals surface area contributed by atoms with Crippen LogP contribution in [0.2, 0.25) is 0 Å². The largest absolute Gasteiger partial charge is 0.322 e. The summed E-state index contributed by atoms with van der Waals surface area (Å²) in [5.41, 5.74) is 1.52. The Morgan fingerprint density at radius 3 is 2.82 bits per heavy atom. The molecule has 0 radical (unpaired) electrons. The van der Waals surface area contributed by atoms with Crippen LogP contribution in [0, 0.1) is 0 Å². The molecule has 22 heavy (non-hydrogen) atoms. The van der Waals surface area contributed by atoms with Crippen molar-refractivity contribution in [1.29, 1.82) is 0 Å². The second-order valence-corrected chi connectivity index (χ2v) is 7.92. The molecule has 1 amide bonds. The maximum atomic E-state index is 12.4. The Morgan fingerprint density at radius 2 is 2.00 bits per heavy atom. The molecule has 0 bridgehead atoms. The molecule has 112 valence electrons. The number of benzene rings is 2. The minimum atomic E-state index is -0.0687. The van der Waals surface area contributed by atoms with Gasteiger partial charge in [0.2, 0.25) is 0 Å². The SMILES string of the molecule is CC(C)Sc1cccc(C(=O)Nc2ccc3sccc3c2)c1. The zero-order valence-corrected chi connectivity index (χ0v) is 14.1. The lowest BCUT2D eigenvalue weighted by atomic mass is 10.2. The van der Waals surface area contributed by atoms with Crippen LogP contribution < -0.4 is 5.32 Å². The van der Waals surface area contributed by atoms with Gasteiger partial charge < -0.3 is 5.32 Å². The third-order valence-electron chi connectivity index (χ3n) is 3.18. The summed E-state index contributed by atoms with van der Waals surface area (Å²) in [7, 11) is 0. The second kappa shape index (κ2) is 6.55. The third-order valence-corrected chi connectivity index (χ3v) is 5.07. The smallest absolute Gasteiger partial charge is 0.255 e. The van der Waals surface area contributed by atoms with E-state index in [1.807, 2.05) is 42.5 Å². The monoisotopic (exact) mass is 327 g/mol. The van der Waals surface area contributed by atoms with Gasteiger partial charge in [0.05, 0.1) is 0 Å². The molecule has 1 N–H and O–H groups in total. The van der Waals surface area contributed by atoms with E-state index in [9.17, 15) is 4.79 Å². The van der Waals surface area contributed by atoms with E-state index in [1.54, 1.807) is 23.1 Å². The normalized spacial score (nSPS) is 11.0. The first-order chi connectivity index (χ1) is 10.6. The van der Waals surface area contributed by atoms with Crippen LogP contribution in [0.1, 0.15) is 24.2 Å². The summed E-state index contributed by atoms with van der Waals surface area (Å²) in [6.07, 6.45) is 0. The fourth-order valence-electron chi connectivity index (χ4n) is 2.23. The van der Waals surface area contributed by atoms with E-state index in [0.717, 1.165) is 16.0 Å². The van der Waals surface area contributed by atoms with Gasteiger partial charge in [-0.15, -0.1) is 23.1 Å². The average molecular weight is 327 g/mol. The summed E-state index contributed by atoms with van der Waals surface area (Å²) in [5.74, 6) is -0.0687. The number of anilines is 1. The predicted octanol–water partition coefficient (Wildman–Crippen LogP) is 5.65. The number of rotatable bonds is 4. The molecule has 4 heteroatoms. The van der Waals surface area contributed by atoms with Gasteiger partial charge in [0.15, 0.2) is 0 Å². The molecule has 2 nitrogen and oxygen atoms in total. The van der Waals surface area contributed by atoms with E-state index in [-0.39, 0.29) is 5.91 Å². The van der Waals surface area contributed by atoms with E-state index in [1.165, 1.54) is 4.70 Å². The summed E-state index contributed by atoms with van der Waals surface area (Å²) in [6.45, 7) is 4.29. The highest BCUT2D eigenvalue weighted by molar-refractivity contribution is 7.99. The lowest BCUT2D eigenvalue weighted by Gasteiger charge is -2.08. The van der Waals surface area contributed by atoms with E-state index < -0.39 is 0 Å². The Hall–Kier alpha value is -1.78. The standard InChI is InChI=1S/C18H17NOS2/c1-12(2)22-16-5-3-4-14(11-16)18(20)19-15-6-7-17-13(10-15)8-9-21-17/h3-12H,1-2H3,(H,19,20). The lowest BCUT2D eigenvalue weighted by molar-refractivity contribution is 0.102. The van der Waals surface area contributed by atoms with Crippen LogP contribution in [-0.2, 0) is 0 Å². The predicted molar refractivity (Wildman–Crippen MR) is 97.2 cm³/mol. The summed E-state index contributed by atoms with van der Waals surface area (Å²) in [4.78, 5) is 13.5.